The molecule has 1 N–H and O–H groups in total. The van der Waals surface area contributed by atoms with Crippen LogP contribution in [-0.2, 0) is 10.0 Å². The molecule has 1 fully saturated rings. The molecule has 2 amide bonds. The number of carbonyl (C=O) groups is 1. The molecule has 8 heteroatoms. The maximum atomic E-state index is 12.0. The zero-order valence-electron chi connectivity index (χ0n) is 12.2. The minimum absolute atomic E-state index is 0.244. The first-order valence-electron chi connectivity index (χ1n) is 6.79. The van der Waals surface area contributed by atoms with E-state index >= 15 is 0 Å². The molecule has 2 rings (SSSR count). The van der Waals surface area contributed by atoms with Crippen molar-refractivity contribution in [3.8, 4) is 0 Å². The van der Waals surface area contributed by atoms with Crippen molar-refractivity contribution in [2.24, 2.45) is 0 Å². The third kappa shape index (κ3) is 4.72. The van der Waals surface area contributed by atoms with E-state index in [1.54, 1.807) is 29.3 Å². The van der Waals surface area contributed by atoms with Crippen LogP contribution in [0.25, 0.3) is 6.08 Å². The standard InChI is InChI=1S/C14H18ClN3O3S/c1-22(20,21)18-9-7-17(8-10-18)14(19)16-6-5-12-3-2-4-13(15)11-12/h2-6,11H,7-10H2,1H3,(H,16,19)/b6-5+. The Kier molecular flexibility index (Phi) is 5.44. The number of hydrogen-bond donors (Lipinski definition) is 1. The van der Waals surface area contributed by atoms with Crippen LogP contribution in [0.3, 0.4) is 0 Å². The van der Waals surface area contributed by atoms with Gasteiger partial charge in [-0.25, -0.2) is 13.2 Å². The minimum Gasteiger partial charge on any atom is -0.322 e. The Hall–Kier alpha value is -1.57. The second-order valence-corrected chi connectivity index (χ2v) is 7.41. The molecule has 6 nitrogen and oxygen atoms in total. The molecule has 22 heavy (non-hydrogen) atoms. The van der Waals surface area contributed by atoms with Crippen LogP contribution in [0.4, 0.5) is 4.79 Å². The van der Waals surface area contributed by atoms with Gasteiger partial charge in [0.05, 0.1) is 6.26 Å². The van der Waals surface area contributed by atoms with E-state index in [0.717, 1.165) is 5.56 Å². The lowest BCUT2D eigenvalue weighted by Gasteiger charge is -2.32. The van der Waals surface area contributed by atoms with Gasteiger partial charge in [-0.1, -0.05) is 23.7 Å². The summed E-state index contributed by atoms with van der Waals surface area (Å²) in [6, 6.07) is 7.02. The summed E-state index contributed by atoms with van der Waals surface area (Å²) in [4.78, 5) is 13.6. The lowest BCUT2D eigenvalue weighted by atomic mass is 10.2. The Morgan fingerprint density at radius 1 is 1.27 bits per heavy atom. The first-order valence-corrected chi connectivity index (χ1v) is 9.01. The highest BCUT2D eigenvalue weighted by Crippen LogP contribution is 2.11. The van der Waals surface area contributed by atoms with Crippen molar-refractivity contribution in [1.82, 2.24) is 14.5 Å². The fraction of sp³-hybridized carbons (Fsp3) is 0.357. The Balaban J connectivity index is 1.84. The number of carbonyl (C=O) groups excluding carboxylic acids is 1. The molecule has 0 atom stereocenters. The molecular formula is C14H18ClN3O3S. The van der Waals surface area contributed by atoms with Crippen molar-refractivity contribution in [2.75, 3.05) is 32.4 Å². The molecular weight excluding hydrogens is 326 g/mol. The Morgan fingerprint density at radius 3 is 2.55 bits per heavy atom. The van der Waals surface area contributed by atoms with Crippen LogP contribution in [0.5, 0.6) is 0 Å². The van der Waals surface area contributed by atoms with Crippen LogP contribution >= 0.6 is 11.6 Å². The van der Waals surface area contributed by atoms with Gasteiger partial charge in [0.25, 0.3) is 0 Å². The number of benzene rings is 1. The van der Waals surface area contributed by atoms with E-state index in [0.29, 0.717) is 31.2 Å². The highest BCUT2D eigenvalue weighted by atomic mass is 35.5. The summed E-state index contributed by atoms with van der Waals surface area (Å²) < 4.78 is 24.2. The Morgan fingerprint density at radius 2 is 1.95 bits per heavy atom. The molecule has 1 heterocycles. The summed E-state index contributed by atoms with van der Waals surface area (Å²) in [6.07, 6.45) is 4.48. The third-order valence-corrected chi connectivity index (χ3v) is 4.86. The molecule has 1 aliphatic rings. The van der Waals surface area contributed by atoms with Crippen LogP contribution < -0.4 is 5.32 Å². The number of piperazine rings is 1. The van der Waals surface area contributed by atoms with Crippen molar-refractivity contribution in [2.45, 2.75) is 0 Å². The molecule has 1 saturated heterocycles. The van der Waals surface area contributed by atoms with E-state index in [4.69, 9.17) is 11.6 Å². The number of nitrogens with one attached hydrogen (secondary N) is 1. The predicted molar refractivity (Wildman–Crippen MR) is 87.0 cm³/mol. The summed E-state index contributed by atoms with van der Waals surface area (Å²) in [5.41, 5.74) is 0.884. The fourth-order valence-electron chi connectivity index (χ4n) is 2.13. The van der Waals surface area contributed by atoms with Gasteiger partial charge < -0.3 is 10.2 Å². The molecule has 1 aromatic carbocycles. The van der Waals surface area contributed by atoms with Crippen molar-refractivity contribution in [3.63, 3.8) is 0 Å². The molecule has 1 aliphatic heterocycles. The molecule has 0 spiro atoms. The van der Waals surface area contributed by atoms with E-state index < -0.39 is 10.0 Å². The summed E-state index contributed by atoms with van der Waals surface area (Å²) in [6.45, 7) is 1.41. The van der Waals surface area contributed by atoms with Crippen LogP contribution in [0.2, 0.25) is 5.02 Å². The average molecular weight is 344 g/mol. The largest absolute Gasteiger partial charge is 0.322 e. The number of amides is 2. The molecule has 0 unspecified atom stereocenters. The highest BCUT2D eigenvalue weighted by Gasteiger charge is 2.25. The summed E-state index contributed by atoms with van der Waals surface area (Å²) in [5.74, 6) is 0. The lowest BCUT2D eigenvalue weighted by Crippen LogP contribution is -2.52. The molecule has 120 valence electrons. The maximum Gasteiger partial charge on any atom is 0.321 e. The van der Waals surface area contributed by atoms with Gasteiger partial charge in [0.2, 0.25) is 10.0 Å². The Bertz CT molecular complexity index is 668. The third-order valence-electron chi connectivity index (χ3n) is 3.33. The minimum atomic E-state index is -3.18. The summed E-state index contributed by atoms with van der Waals surface area (Å²) >= 11 is 5.88. The van der Waals surface area contributed by atoms with E-state index in [9.17, 15) is 13.2 Å². The van der Waals surface area contributed by atoms with Crippen LogP contribution in [0.1, 0.15) is 5.56 Å². The molecule has 0 radical (unpaired) electrons. The fourth-order valence-corrected chi connectivity index (χ4v) is 3.16. The average Bonchev–Trinajstić information content (AvgIpc) is 2.46. The molecule has 0 bridgehead atoms. The number of nitrogens with zero attached hydrogens (tertiary/aromatic N) is 2. The van der Waals surface area contributed by atoms with Gasteiger partial charge >= 0.3 is 6.03 Å². The van der Waals surface area contributed by atoms with Crippen molar-refractivity contribution in [3.05, 3.63) is 41.1 Å². The smallest absolute Gasteiger partial charge is 0.321 e. The molecule has 0 aliphatic carbocycles. The summed E-state index contributed by atoms with van der Waals surface area (Å²) in [7, 11) is -3.18. The van der Waals surface area contributed by atoms with E-state index in [1.165, 1.54) is 10.6 Å². The van der Waals surface area contributed by atoms with Crippen molar-refractivity contribution >= 4 is 33.7 Å². The zero-order valence-corrected chi connectivity index (χ0v) is 13.8. The van der Waals surface area contributed by atoms with Crippen molar-refractivity contribution < 1.29 is 13.2 Å². The van der Waals surface area contributed by atoms with E-state index in [-0.39, 0.29) is 6.03 Å². The van der Waals surface area contributed by atoms with Crippen LogP contribution in [0.15, 0.2) is 30.5 Å². The van der Waals surface area contributed by atoms with E-state index in [2.05, 4.69) is 5.32 Å². The van der Waals surface area contributed by atoms with Gasteiger partial charge in [0.1, 0.15) is 0 Å². The van der Waals surface area contributed by atoms with E-state index in [1.807, 2.05) is 12.1 Å². The molecule has 1 aromatic rings. The van der Waals surface area contributed by atoms with Crippen LogP contribution in [0, 0.1) is 0 Å². The van der Waals surface area contributed by atoms with Gasteiger partial charge in [0, 0.05) is 37.4 Å². The van der Waals surface area contributed by atoms with Gasteiger partial charge in [-0.3, -0.25) is 0 Å². The topological polar surface area (TPSA) is 69.7 Å². The first-order chi connectivity index (χ1) is 10.4. The highest BCUT2D eigenvalue weighted by molar-refractivity contribution is 7.88. The molecule has 0 aromatic heterocycles. The number of urea groups is 1. The van der Waals surface area contributed by atoms with Crippen LogP contribution in [-0.4, -0.2) is 56.1 Å². The summed E-state index contributed by atoms with van der Waals surface area (Å²) in [5, 5.41) is 3.30. The maximum absolute atomic E-state index is 12.0. The second kappa shape index (κ2) is 7.13. The van der Waals surface area contributed by atoms with Crippen molar-refractivity contribution in [1.29, 1.82) is 0 Å². The van der Waals surface area contributed by atoms with Gasteiger partial charge in [-0.15, -0.1) is 0 Å². The van der Waals surface area contributed by atoms with Gasteiger partial charge in [-0.2, -0.15) is 4.31 Å². The number of hydrogen-bond acceptors (Lipinski definition) is 3. The van der Waals surface area contributed by atoms with Gasteiger partial charge in [0.15, 0.2) is 0 Å². The number of halogens is 1. The quantitative estimate of drug-likeness (QED) is 0.906. The number of sulfonamides is 1. The van der Waals surface area contributed by atoms with Gasteiger partial charge in [-0.05, 0) is 23.8 Å². The first kappa shape index (κ1) is 16.8. The normalized spacial score (nSPS) is 16.9. The predicted octanol–water partition coefficient (Wildman–Crippen LogP) is 1.60. The second-order valence-electron chi connectivity index (χ2n) is 4.99. The SMILES string of the molecule is CS(=O)(=O)N1CCN(C(=O)N/C=C/c2cccc(Cl)c2)CC1. The zero-order chi connectivity index (χ0) is 16.2. The molecule has 0 saturated carbocycles. The monoisotopic (exact) mass is 343 g/mol. The number of rotatable bonds is 3. The Labute approximate surface area is 135 Å². The lowest BCUT2D eigenvalue weighted by molar-refractivity contribution is 0.176.